The van der Waals surface area contributed by atoms with E-state index < -0.39 is 18.5 Å². The zero-order valence-electron chi connectivity index (χ0n) is 18.1. The van der Waals surface area contributed by atoms with E-state index in [0.29, 0.717) is 11.3 Å². The number of benzene rings is 2. The first-order valence-corrected chi connectivity index (χ1v) is 11.0. The van der Waals surface area contributed by atoms with E-state index in [1.165, 1.54) is 6.08 Å². The fourth-order valence-corrected chi connectivity index (χ4v) is 3.91. The number of hydrogen-bond acceptors (Lipinski definition) is 5. The van der Waals surface area contributed by atoms with Crippen LogP contribution in [0, 0.1) is 0 Å². The lowest BCUT2D eigenvalue weighted by atomic mass is 10.1. The molecule has 7 nitrogen and oxygen atoms in total. The van der Waals surface area contributed by atoms with Gasteiger partial charge >= 0.3 is 5.97 Å². The van der Waals surface area contributed by atoms with Crippen LogP contribution in [0.15, 0.2) is 66.9 Å². The second kappa shape index (κ2) is 10.5. The van der Waals surface area contributed by atoms with Crippen molar-refractivity contribution in [3.63, 3.8) is 0 Å². The summed E-state index contributed by atoms with van der Waals surface area (Å²) in [6.45, 7) is -0.463. The number of ether oxygens (including phenoxy) is 1. The van der Waals surface area contributed by atoms with Crippen molar-refractivity contribution in [3.8, 4) is 0 Å². The average molecular weight is 444 g/mol. The van der Waals surface area contributed by atoms with Crippen LogP contribution in [0.25, 0.3) is 17.0 Å². The maximum absolute atomic E-state index is 12.6. The van der Waals surface area contributed by atoms with Gasteiger partial charge in [-0.2, -0.15) is 0 Å². The molecule has 3 aromatic rings. The van der Waals surface area contributed by atoms with Crippen molar-refractivity contribution in [2.45, 2.75) is 31.7 Å². The van der Waals surface area contributed by atoms with Crippen molar-refractivity contribution >= 4 is 40.4 Å². The van der Waals surface area contributed by atoms with E-state index in [2.05, 4.69) is 15.6 Å². The minimum absolute atomic E-state index is 0.172. The molecule has 1 heterocycles. The number of nitrogens with one attached hydrogen (secondary N) is 2. The number of carbonyl (C=O) groups excluding carboxylic acids is 3. The summed E-state index contributed by atoms with van der Waals surface area (Å²) in [5.41, 5.74) is 2.31. The van der Waals surface area contributed by atoms with Crippen LogP contribution >= 0.6 is 0 Å². The maximum atomic E-state index is 12.6. The van der Waals surface area contributed by atoms with Gasteiger partial charge in [-0.3, -0.25) is 14.6 Å². The molecule has 1 saturated carbocycles. The molecule has 2 N–H and O–H groups in total. The Morgan fingerprint density at radius 3 is 2.64 bits per heavy atom. The first-order valence-electron chi connectivity index (χ1n) is 11.0. The van der Waals surface area contributed by atoms with Crippen LogP contribution in [0.3, 0.4) is 0 Å². The highest BCUT2D eigenvalue weighted by Gasteiger charge is 2.20. The van der Waals surface area contributed by atoms with Gasteiger partial charge in [0, 0.05) is 29.3 Å². The fourth-order valence-electron chi connectivity index (χ4n) is 3.91. The molecular weight excluding hydrogens is 418 g/mol. The number of hydrogen-bond donors (Lipinski definition) is 2. The molecule has 2 amide bonds. The third kappa shape index (κ3) is 5.83. The van der Waals surface area contributed by atoms with Gasteiger partial charge in [-0.05, 0) is 37.1 Å². The minimum atomic E-state index is -0.648. The van der Waals surface area contributed by atoms with Crippen molar-refractivity contribution in [1.29, 1.82) is 0 Å². The lowest BCUT2D eigenvalue weighted by Crippen LogP contribution is -2.33. The lowest BCUT2D eigenvalue weighted by Gasteiger charge is -2.15. The predicted octanol–water partition coefficient (Wildman–Crippen LogP) is 4.10. The molecule has 1 aliphatic rings. The predicted molar refractivity (Wildman–Crippen MR) is 127 cm³/mol. The number of esters is 1. The zero-order valence-corrected chi connectivity index (χ0v) is 18.1. The highest BCUT2D eigenvalue weighted by atomic mass is 16.5. The molecule has 7 heteroatoms. The Kier molecular flexibility index (Phi) is 7.09. The highest BCUT2D eigenvalue weighted by Crippen LogP contribution is 2.20. The van der Waals surface area contributed by atoms with E-state index in [1.54, 1.807) is 36.5 Å². The number of pyridine rings is 1. The van der Waals surface area contributed by atoms with Crippen LogP contribution < -0.4 is 10.6 Å². The van der Waals surface area contributed by atoms with Gasteiger partial charge in [-0.1, -0.05) is 49.2 Å². The molecule has 168 valence electrons. The molecule has 1 aliphatic carbocycles. The molecular formula is C26H25N3O4. The number of rotatable bonds is 7. The van der Waals surface area contributed by atoms with E-state index in [0.717, 1.165) is 42.1 Å². The third-order valence-electron chi connectivity index (χ3n) is 5.54. The first-order chi connectivity index (χ1) is 16.1. The Hall–Kier alpha value is -4.00. The van der Waals surface area contributed by atoms with E-state index >= 15 is 0 Å². The number of amides is 2. The molecule has 0 atom stereocenters. The standard InChI is InChI=1S/C26H25N3O4/c30-23(29-22-13-4-3-12-21(22)26(32)28-20-10-1-2-11-20)17-33-24(31)15-14-19-8-5-7-18-9-6-16-27-25(18)19/h3-9,12-16,20H,1-2,10-11,17H2,(H,28,32)(H,29,30)/b15-14-. The number of anilines is 1. The quantitative estimate of drug-likeness (QED) is 0.423. The summed E-state index contributed by atoms with van der Waals surface area (Å²) in [4.78, 5) is 41.4. The topological polar surface area (TPSA) is 97.4 Å². The molecule has 0 saturated heterocycles. The SMILES string of the molecule is O=C(COC(=O)/C=C\c1cccc2cccnc12)Nc1ccccc1C(=O)NC1CCCC1. The van der Waals surface area contributed by atoms with Crippen molar-refractivity contribution in [2.24, 2.45) is 0 Å². The van der Waals surface area contributed by atoms with E-state index in [1.807, 2.05) is 30.3 Å². The largest absolute Gasteiger partial charge is 0.452 e. The molecule has 0 aliphatic heterocycles. The van der Waals surface area contributed by atoms with Crippen molar-refractivity contribution in [1.82, 2.24) is 10.3 Å². The molecule has 0 unspecified atom stereocenters. The highest BCUT2D eigenvalue weighted by molar-refractivity contribution is 6.04. The van der Waals surface area contributed by atoms with Gasteiger partial charge in [0.2, 0.25) is 0 Å². The van der Waals surface area contributed by atoms with Crippen molar-refractivity contribution in [3.05, 3.63) is 78.0 Å². The van der Waals surface area contributed by atoms with Gasteiger partial charge in [0.05, 0.1) is 16.8 Å². The summed E-state index contributed by atoms with van der Waals surface area (Å²) in [7, 11) is 0. The number of aromatic nitrogens is 1. The normalized spacial score (nSPS) is 13.8. The van der Waals surface area contributed by atoms with Crippen molar-refractivity contribution < 1.29 is 19.1 Å². The molecule has 0 spiro atoms. The summed E-state index contributed by atoms with van der Waals surface area (Å²) in [5.74, 6) is -1.39. The molecule has 4 rings (SSSR count). The molecule has 1 aromatic heterocycles. The number of fused-ring (bicyclic) bond motifs is 1. The van der Waals surface area contributed by atoms with E-state index in [9.17, 15) is 14.4 Å². The van der Waals surface area contributed by atoms with Crippen LogP contribution in [0.1, 0.15) is 41.6 Å². The monoisotopic (exact) mass is 443 g/mol. The second-order valence-electron chi connectivity index (χ2n) is 7.91. The smallest absolute Gasteiger partial charge is 0.331 e. The summed E-state index contributed by atoms with van der Waals surface area (Å²) in [5, 5.41) is 6.63. The van der Waals surface area contributed by atoms with Gasteiger partial charge in [0.25, 0.3) is 11.8 Å². The van der Waals surface area contributed by atoms with Crippen LogP contribution in [0.2, 0.25) is 0 Å². The number of nitrogens with zero attached hydrogens (tertiary/aromatic N) is 1. The average Bonchev–Trinajstić information content (AvgIpc) is 3.34. The van der Waals surface area contributed by atoms with Crippen LogP contribution in [0.4, 0.5) is 5.69 Å². The van der Waals surface area contributed by atoms with Gasteiger partial charge in [-0.25, -0.2) is 4.79 Å². The Bertz CT molecular complexity index is 1190. The van der Waals surface area contributed by atoms with E-state index in [-0.39, 0.29) is 11.9 Å². The molecule has 1 fully saturated rings. The Labute approximate surface area is 191 Å². The Morgan fingerprint density at radius 2 is 1.79 bits per heavy atom. The first kappa shape index (κ1) is 22.2. The summed E-state index contributed by atoms with van der Waals surface area (Å²) < 4.78 is 5.06. The molecule has 0 radical (unpaired) electrons. The zero-order chi connectivity index (χ0) is 23.0. The van der Waals surface area contributed by atoms with Crippen molar-refractivity contribution in [2.75, 3.05) is 11.9 Å². The van der Waals surface area contributed by atoms with Crippen LogP contribution in [0.5, 0.6) is 0 Å². The fraction of sp³-hybridized carbons (Fsp3) is 0.231. The summed E-state index contributed by atoms with van der Waals surface area (Å²) >= 11 is 0. The number of para-hydroxylation sites is 2. The minimum Gasteiger partial charge on any atom is -0.452 e. The van der Waals surface area contributed by atoms with Gasteiger partial charge in [-0.15, -0.1) is 0 Å². The van der Waals surface area contributed by atoms with Crippen LogP contribution in [-0.2, 0) is 14.3 Å². The Morgan fingerprint density at radius 1 is 1.00 bits per heavy atom. The summed E-state index contributed by atoms with van der Waals surface area (Å²) in [6, 6.07) is 16.4. The van der Waals surface area contributed by atoms with Gasteiger partial charge in [0.15, 0.2) is 6.61 Å². The third-order valence-corrected chi connectivity index (χ3v) is 5.54. The Balaban J connectivity index is 1.32. The summed E-state index contributed by atoms with van der Waals surface area (Å²) in [6.07, 6.45) is 8.73. The maximum Gasteiger partial charge on any atom is 0.331 e. The van der Waals surface area contributed by atoms with Crippen LogP contribution in [-0.4, -0.2) is 35.4 Å². The van der Waals surface area contributed by atoms with Gasteiger partial charge < -0.3 is 15.4 Å². The molecule has 33 heavy (non-hydrogen) atoms. The lowest BCUT2D eigenvalue weighted by molar-refractivity contribution is -0.142. The number of carbonyl (C=O) groups is 3. The molecule has 0 bridgehead atoms. The van der Waals surface area contributed by atoms with E-state index in [4.69, 9.17) is 4.74 Å². The molecule has 2 aromatic carbocycles. The van der Waals surface area contributed by atoms with Gasteiger partial charge in [0.1, 0.15) is 0 Å². The second-order valence-corrected chi connectivity index (χ2v) is 7.91.